The third kappa shape index (κ3) is 2.80. The zero-order valence-electron chi connectivity index (χ0n) is 23.5. The lowest BCUT2D eigenvalue weighted by Crippen LogP contribution is -1.91. The monoisotopic (exact) mass is 558 g/mol. The quantitative estimate of drug-likeness (QED) is 0.137. The predicted octanol–water partition coefficient (Wildman–Crippen LogP) is 12.4. The lowest BCUT2D eigenvalue weighted by atomic mass is 9.87. The van der Waals surface area contributed by atoms with Gasteiger partial charge in [0.15, 0.2) is 0 Å². The van der Waals surface area contributed by atoms with Crippen molar-refractivity contribution in [3.8, 4) is 0 Å². The third-order valence-electron chi connectivity index (χ3n) is 9.73. The summed E-state index contributed by atoms with van der Waals surface area (Å²) < 4.78 is 13.5. The van der Waals surface area contributed by atoms with E-state index in [1.54, 1.807) is 0 Å². The fourth-order valence-electron chi connectivity index (χ4n) is 7.86. The fraction of sp³-hybridized carbons (Fsp3) is 0. The summed E-state index contributed by atoms with van der Waals surface area (Å²) in [5, 5.41) is 19.2. The molecule has 0 amide bonds. The van der Waals surface area contributed by atoms with Gasteiger partial charge in [-0.2, -0.15) is 0 Å². The minimum atomic E-state index is 0.891. The number of rotatable bonds is 0. The third-order valence-corrected chi connectivity index (χ3v) is 9.73. The first kappa shape index (κ1) is 22.7. The van der Waals surface area contributed by atoms with Gasteiger partial charge in [0.2, 0.25) is 0 Å². The van der Waals surface area contributed by atoms with Crippen LogP contribution in [-0.4, -0.2) is 0 Å². The molecule has 0 saturated carbocycles. The van der Waals surface area contributed by atoms with Crippen molar-refractivity contribution in [2.75, 3.05) is 0 Å². The van der Waals surface area contributed by atoms with Crippen LogP contribution in [0.5, 0.6) is 0 Å². The lowest BCUT2D eigenvalue weighted by molar-refractivity contribution is 0.661. The summed E-state index contributed by atoms with van der Waals surface area (Å²) >= 11 is 0. The Kier molecular flexibility index (Phi) is 4.10. The molecule has 11 rings (SSSR count). The molecule has 11 aromatic rings. The Morgan fingerprint density at radius 1 is 0.250 bits per heavy atom. The molecule has 0 radical (unpaired) electrons. The van der Waals surface area contributed by atoms with Gasteiger partial charge in [0.1, 0.15) is 22.3 Å². The zero-order valence-corrected chi connectivity index (χ0v) is 23.5. The van der Waals surface area contributed by atoms with Crippen LogP contribution in [0.2, 0.25) is 0 Å². The van der Waals surface area contributed by atoms with Crippen LogP contribution in [-0.2, 0) is 0 Å². The summed E-state index contributed by atoms with van der Waals surface area (Å²) in [6.07, 6.45) is 0. The highest BCUT2D eigenvalue weighted by Crippen LogP contribution is 2.48. The van der Waals surface area contributed by atoms with E-state index in [2.05, 4.69) is 133 Å². The van der Waals surface area contributed by atoms with Crippen LogP contribution >= 0.6 is 0 Å². The minimum absolute atomic E-state index is 0.891. The second-order valence-electron chi connectivity index (χ2n) is 12.0. The largest absolute Gasteiger partial charge is 0.456 e. The van der Waals surface area contributed by atoms with E-state index in [1.807, 2.05) is 0 Å². The molecule has 0 N–H and O–H groups in total. The van der Waals surface area contributed by atoms with Crippen LogP contribution in [0.4, 0.5) is 0 Å². The summed E-state index contributed by atoms with van der Waals surface area (Å²) in [7, 11) is 0. The zero-order chi connectivity index (χ0) is 28.5. The highest BCUT2D eigenvalue weighted by atomic mass is 16.3. The van der Waals surface area contributed by atoms with Gasteiger partial charge in [-0.1, -0.05) is 84.9 Å². The molecule has 44 heavy (non-hydrogen) atoms. The van der Waals surface area contributed by atoms with Crippen molar-refractivity contribution < 1.29 is 8.83 Å². The molecule has 0 aliphatic carbocycles. The maximum absolute atomic E-state index is 6.77. The van der Waals surface area contributed by atoms with Gasteiger partial charge in [-0.25, -0.2) is 0 Å². The summed E-state index contributed by atoms with van der Waals surface area (Å²) in [6.45, 7) is 0. The van der Waals surface area contributed by atoms with E-state index in [0.717, 1.165) is 43.9 Å². The van der Waals surface area contributed by atoms with Crippen molar-refractivity contribution in [1.29, 1.82) is 0 Å². The molecular weight excluding hydrogens is 536 g/mol. The van der Waals surface area contributed by atoms with Crippen LogP contribution in [0.15, 0.2) is 142 Å². The first-order valence-corrected chi connectivity index (χ1v) is 15.1. The number of benzene rings is 9. The van der Waals surface area contributed by atoms with Gasteiger partial charge in [0.05, 0.1) is 0 Å². The van der Waals surface area contributed by atoms with Gasteiger partial charge in [-0.3, -0.25) is 0 Å². The molecule has 0 saturated heterocycles. The van der Waals surface area contributed by atoms with E-state index in [1.165, 1.54) is 64.6 Å². The highest BCUT2D eigenvalue weighted by Gasteiger charge is 2.22. The van der Waals surface area contributed by atoms with Crippen molar-refractivity contribution in [3.05, 3.63) is 133 Å². The fourth-order valence-corrected chi connectivity index (χ4v) is 7.86. The molecular formula is C42H22O2. The van der Waals surface area contributed by atoms with Crippen molar-refractivity contribution in [3.63, 3.8) is 0 Å². The molecule has 2 heterocycles. The standard InChI is InChI=1S/C42H22O2/c1-3-9-25-21-31-27(19-23(25)7-1)15-17-35-39(31)41-29-11-5-14-34-38(29)42(30-12-6-13-33(43-35)37(30)41)40-32-22-26-10-4-2-8-24(26)20-28(32)16-18-36(40)44-34/h1-22H. The first-order chi connectivity index (χ1) is 21.8. The molecule has 0 bridgehead atoms. The second-order valence-corrected chi connectivity index (χ2v) is 12.0. The normalized spacial score (nSPS) is 12.5. The summed E-state index contributed by atoms with van der Waals surface area (Å²) in [5.74, 6) is 0. The molecule has 202 valence electrons. The Morgan fingerprint density at radius 3 is 1.09 bits per heavy atom. The van der Waals surface area contributed by atoms with Gasteiger partial charge in [-0.15, -0.1) is 0 Å². The average molecular weight is 559 g/mol. The molecule has 0 aliphatic heterocycles. The molecule has 2 nitrogen and oxygen atoms in total. The Bertz CT molecular complexity index is 2840. The Hall–Kier alpha value is -5.86. The van der Waals surface area contributed by atoms with E-state index in [4.69, 9.17) is 8.83 Å². The van der Waals surface area contributed by atoms with Gasteiger partial charge in [0, 0.05) is 32.3 Å². The summed E-state index contributed by atoms with van der Waals surface area (Å²) in [4.78, 5) is 0. The topological polar surface area (TPSA) is 26.3 Å². The predicted molar refractivity (Wildman–Crippen MR) is 186 cm³/mol. The molecule has 0 aliphatic rings. The van der Waals surface area contributed by atoms with Crippen molar-refractivity contribution in [1.82, 2.24) is 0 Å². The van der Waals surface area contributed by atoms with Gasteiger partial charge in [-0.05, 0) is 102 Å². The lowest BCUT2D eigenvalue weighted by Gasteiger charge is -2.18. The molecule has 0 atom stereocenters. The van der Waals surface area contributed by atoms with Crippen LogP contribution in [0, 0.1) is 0 Å². The van der Waals surface area contributed by atoms with Crippen molar-refractivity contribution >= 4 is 109 Å². The van der Waals surface area contributed by atoms with E-state index in [-0.39, 0.29) is 0 Å². The molecule has 0 fully saturated rings. The Labute approximate surface area is 250 Å². The number of hydrogen-bond donors (Lipinski definition) is 0. The van der Waals surface area contributed by atoms with E-state index in [9.17, 15) is 0 Å². The molecule has 2 heteroatoms. The number of hydrogen-bond acceptors (Lipinski definition) is 2. The smallest absolute Gasteiger partial charge is 0.135 e. The van der Waals surface area contributed by atoms with E-state index >= 15 is 0 Å². The van der Waals surface area contributed by atoms with Gasteiger partial charge >= 0.3 is 0 Å². The maximum Gasteiger partial charge on any atom is 0.135 e. The first-order valence-electron chi connectivity index (χ1n) is 15.1. The van der Waals surface area contributed by atoms with Crippen LogP contribution in [0.3, 0.4) is 0 Å². The van der Waals surface area contributed by atoms with E-state index in [0.29, 0.717) is 0 Å². The Balaban J connectivity index is 1.46. The van der Waals surface area contributed by atoms with Crippen LogP contribution in [0.1, 0.15) is 0 Å². The van der Waals surface area contributed by atoms with Crippen molar-refractivity contribution in [2.45, 2.75) is 0 Å². The van der Waals surface area contributed by atoms with Crippen LogP contribution in [0.25, 0.3) is 109 Å². The molecule has 0 unspecified atom stereocenters. The second kappa shape index (κ2) is 7.94. The maximum atomic E-state index is 6.77. The number of fused-ring (bicyclic) bond motifs is 12. The highest BCUT2D eigenvalue weighted by molar-refractivity contribution is 6.43. The van der Waals surface area contributed by atoms with Crippen molar-refractivity contribution in [2.24, 2.45) is 0 Å². The summed E-state index contributed by atoms with van der Waals surface area (Å²) in [6, 6.07) is 48.1. The van der Waals surface area contributed by atoms with E-state index < -0.39 is 0 Å². The minimum Gasteiger partial charge on any atom is -0.456 e. The van der Waals surface area contributed by atoms with Gasteiger partial charge in [0.25, 0.3) is 0 Å². The van der Waals surface area contributed by atoms with Gasteiger partial charge < -0.3 is 8.83 Å². The average Bonchev–Trinajstić information content (AvgIpc) is 3.07. The molecule has 0 spiro atoms. The Morgan fingerprint density at radius 2 is 0.636 bits per heavy atom. The molecule has 9 aromatic carbocycles. The van der Waals surface area contributed by atoms with Crippen LogP contribution < -0.4 is 0 Å². The SMILES string of the molecule is c1ccc2cc3c(ccc4oc5cccc6c5c(c5cccc7oc8ccc9cc%10ccccc%10cc9c8c6c75)c43)cc2c1. The summed E-state index contributed by atoms with van der Waals surface area (Å²) in [5.41, 5.74) is 3.57. The molecule has 2 aromatic heterocycles.